The first-order valence-electron chi connectivity index (χ1n) is 10.5. The number of hydrogen-bond donors (Lipinski definition) is 1. The zero-order valence-electron chi connectivity index (χ0n) is 18.2. The van der Waals surface area contributed by atoms with E-state index in [2.05, 4.69) is 15.2 Å². The monoisotopic (exact) mass is 466 g/mol. The predicted octanol–water partition coefficient (Wildman–Crippen LogP) is 4.45. The Bertz CT molecular complexity index is 1090. The highest BCUT2D eigenvalue weighted by Gasteiger charge is 2.23. The largest absolute Gasteiger partial charge is 0.368 e. The van der Waals surface area contributed by atoms with Crippen LogP contribution in [0.5, 0.6) is 0 Å². The molecule has 2 amide bonds. The number of rotatable bonds is 6. The molecule has 1 fully saturated rings. The first-order chi connectivity index (χ1) is 15.5. The highest BCUT2D eigenvalue weighted by Crippen LogP contribution is 2.23. The summed E-state index contributed by atoms with van der Waals surface area (Å²) < 4.78 is 0.910. The second-order valence-electron chi connectivity index (χ2n) is 7.73. The fourth-order valence-electron chi connectivity index (χ4n) is 3.63. The van der Waals surface area contributed by atoms with Crippen molar-refractivity contribution in [1.29, 1.82) is 0 Å². The van der Waals surface area contributed by atoms with E-state index in [1.54, 1.807) is 11.3 Å². The van der Waals surface area contributed by atoms with Crippen molar-refractivity contribution < 1.29 is 9.59 Å². The molecule has 0 spiro atoms. The van der Waals surface area contributed by atoms with Crippen LogP contribution in [0.2, 0.25) is 0 Å². The molecule has 0 unspecified atom stereocenters. The molecule has 0 bridgehead atoms. The van der Waals surface area contributed by atoms with Crippen molar-refractivity contribution in [2.24, 2.45) is 0 Å². The Morgan fingerprint density at radius 1 is 1.03 bits per heavy atom. The van der Waals surface area contributed by atoms with Crippen LogP contribution in [-0.4, -0.2) is 53.6 Å². The van der Waals surface area contributed by atoms with Crippen molar-refractivity contribution >= 4 is 46.3 Å². The number of piperazine rings is 1. The highest BCUT2D eigenvalue weighted by molar-refractivity contribution is 8.01. The SMILES string of the molecule is Cc1csc(SCC(=O)Nc2ccc(N3CCN(C(=O)c4ccccc4C)CC3)cc2)n1. The molecule has 4 rings (SSSR count). The number of anilines is 2. The van der Waals surface area contributed by atoms with Crippen molar-refractivity contribution in [3.05, 3.63) is 70.7 Å². The van der Waals surface area contributed by atoms with Crippen LogP contribution >= 0.6 is 23.1 Å². The average molecular weight is 467 g/mol. The maximum absolute atomic E-state index is 12.8. The minimum atomic E-state index is -0.0427. The lowest BCUT2D eigenvalue weighted by atomic mass is 10.1. The van der Waals surface area contributed by atoms with Gasteiger partial charge >= 0.3 is 0 Å². The van der Waals surface area contributed by atoms with Gasteiger partial charge in [-0.2, -0.15) is 0 Å². The van der Waals surface area contributed by atoms with Crippen molar-refractivity contribution in [3.63, 3.8) is 0 Å². The van der Waals surface area contributed by atoms with Crippen molar-refractivity contribution in [1.82, 2.24) is 9.88 Å². The molecule has 0 saturated carbocycles. The molecule has 1 aromatic heterocycles. The molecule has 2 aromatic carbocycles. The lowest BCUT2D eigenvalue weighted by Crippen LogP contribution is -2.48. The number of aryl methyl sites for hydroxylation is 2. The van der Waals surface area contributed by atoms with Crippen LogP contribution < -0.4 is 10.2 Å². The van der Waals surface area contributed by atoms with Crippen LogP contribution in [0, 0.1) is 13.8 Å². The quantitative estimate of drug-likeness (QED) is 0.544. The van der Waals surface area contributed by atoms with Gasteiger partial charge in [-0.1, -0.05) is 30.0 Å². The minimum Gasteiger partial charge on any atom is -0.368 e. The third-order valence-corrected chi connectivity index (χ3v) is 7.52. The summed E-state index contributed by atoms with van der Waals surface area (Å²) in [6, 6.07) is 15.6. The number of amides is 2. The topological polar surface area (TPSA) is 65.5 Å². The van der Waals surface area contributed by atoms with Gasteiger partial charge in [0.2, 0.25) is 5.91 Å². The highest BCUT2D eigenvalue weighted by atomic mass is 32.2. The summed E-state index contributed by atoms with van der Waals surface area (Å²) >= 11 is 3.01. The first kappa shape index (κ1) is 22.4. The second-order valence-corrected chi connectivity index (χ2v) is 9.81. The smallest absolute Gasteiger partial charge is 0.254 e. The Balaban J connectivity index is 1.27. The third kappa shape index (κ3) is 5.49. The summed E-state index contributed by atoms with van der Waals surface area (Å²) in [7, 11) is 0. The number of nitrogens with one attached hydrogen (secondary N) is 1. The van der Waals surface area contributed by atoms with Gasteiger partial charge in [0.25, 0.3) is 5.91 Å². The van der Waals surface area contributed by atoms with E-state index in [0.717, 1.165) is 45.6 Å². The van der Waals surface area contributed by atoms with Gasteiger partial charge in [0.05, 0.1) is 5.75 Å². The molecule has 8 heteroatoms. The molecular weight excluding hydrogens is 440 g/mol. The molecule has 1 saturated heterocycles. The first-order valence-corrected chi connectivity index (χ1v) is 12.4. The molecule has 1 N–H and O–H groups in total. The van der Waals surface area contributed by atoms with Gasteiger partial charge in [-0.05, 0) is 49.7 Å². The molecule has 0 aliphatic carbocycles. The molecule has 166 valence electrons. The van der Waals surface area contributed by atoms with Crippen molar-refractivity contribution in [3.8, 4) is 0 Å². The number of hydrogen-bond acceptors (Lipinski definition) is 6. The summed E-state index contributed by atoms with van der Waals surface area (Å²) in [6.45, 7) is 6.88. The molecular formula is C24H26N4O2S2. The van der Waals surface area contributed by atoms with Gasteiger partial charge in [-0.3, -0.25) is 9.59 Å². The number of nitrogens with zero attached hydrogens (tertiary/aromatic N) is 3. The summed E-state index contributed by atoms with van der Waals surface area (Å²) in [5.41, 5.74) is 4.65. The molecule has 0 radical (unpaired) electrons. The van der Waals surface area contributed by atoms with Crippen LogP contribution in [0.15, 0.2) is 58.3 Å². The Morgan fingerprint density at radius 3 is 2.41 bits per heavy atom. The minimum absolute atomic E-state index is 0.0427. The normalized spacial score (nSPS) is 13.8. The molecule has 1 aliphatic rings. The van der Waals surface area contributed by atoms with E-state index in [9.17, 15) is 9.59 Å². The number of carbonyl (C=O) groups excluding carboxylic acids is 2. The number of aromatic nitrogens is 1. The lowest BCUT2D eigenvalue weighted by Gasteiger charge is -2.36. The maximum atomic E-state index is 12.8. The summed E-state index contributed by atoms with van der Waals surface area (Å²) in [5, 5.41) is 4.92. The van der Waals surface area contributed by atoms with E-state index < -0.39 is 0 Å². The number of thiazole rings is 1. The zero-order chi connectivity index (χ0) is 22.5. The third-order valence-electron chi connectivity index (χ3n) is 5.38. The molecule has 32 heavy (non-hydrogen) atoms. The summed E-state index contributed by atoms with van der Waals surface area (Å²) in [6.07, 6.45) is 0. The second kappa shape index (κ2) is 10.2. The van der Waals surface area contributed by atoms with Gasteiger partial charge in [0.15, 0.2) is 4.34 Å². The van der Waals surface area contributed by atoms with Crippen molar-refractivity contribution in [2.75, 3.05) is 42.1 Å². The van der Waals surface area contributed by atoms with Crippen LogP contribution in [0.1, 0.15) is 21.6 Å². The van der Waals surface area contributed by atoms with E-state index >= 15 is 0 Å². The number of thioether (sulfide) groups is 1. The molecule has 1 aliphatic heterocycles. The standard InChI is InChI=1S/C24H26N4O2S2/c1-17-5-3-4-6-21(17)23(30)28-13-11-27(12-14-28)20-9-7-19(8-10-20)26-22(29)16-32-24-25-18(2)15-31-24/h3-10,15H,11-14,16H2,1-2H3,(H,26,29). The van der Waals surface area contributed by atoms with Gasteiger partial charge in [-0.15, -0.1) is 11.3 Å². The Morgan fingerprint density at radius 2 is 1.75 bits per heavy atom. The molecule has 2 heterocycles. The Kier molecular flexibility index (Phi) is 7.12. The predicted molar refractivity (Wildman–Crippen MR) is 132 cm³/mol. The van der Waals surface area contributed by atoms with E-state index in [1.165, 1.54) is 11.8 Å². The molecule has 0 atom stereocenters. The van der Waals surface area contributed by atoms with Crippen molar-refractivity contribution in [2.45, 2.75) is 18.2 Å². The number of carbonyl (C=O) groups is 2. The molecule has 6 nitrogen and oxygen atoms in total. The van der Waals surface area contributed by atoms with Gasteiger partial charge in [-0.25, -0.2) is 4.98 Å². The van der Waals surface area contributed by atoms with Crippen LogP contribution in [0.4, 0.5) is 11.4 Å². The van der Waals surface area contributed by atoms with E-state index in [-0.39, 0.29) is 11.8 Å². The van der Waals surface area contributed by atoms with E-state index in [4.69, 9.17) is 0 Å². The molecule has 3 aromatic rings. The fraction of sp³-hybridized carbons (Fsp3) is 0.292. The fourth-order valence-corrected chi connectivity index (χ4v) is 5.28. The van der Waals surface area contributed by atoms with Gasteiger partial charge in [0.1, 0.15) is 0 Å². The van der Waals surface area contributed by atoms with Crippen LogP contribution in [0.3, 0.4) is 0 Å². The lowest BCUT2D eigenvalue weighted by molar-refractivity contribution is -0.113. The van der Waals surface area contributed by atoms with Gasteiger partial charge in [0, 0.05) is 54.2 Å². The Labute approximate surface area is 196 Å². The van der Waals surface area contributed by atoms with Crippen LogP contribution in [-0.2, 0) is 4.79 Å². The Hall–Kier alpha value is -2.84. The van der Waals surface area contributed by atoms with Crippen LogP contribution in [0.25, 0.3) is 0 Å². The average Bonchev–Trinajstić information content (AvgIpc) is 3.23. The summed E-state index contributed by atoms with van der Waals surface area (Å²) in [5.74, 6) is 0.400. The summed E-state index contributed by atoms with van der Waals surface area (Å²) in [4.78, 5) is 33.6. The van der Waals surface area contributed by atoms with E-state index in [0.29, 0.717) is 18.8 Å². The van der Waals surface area contributed by atoms with E-state index in [1.807, 2.05) is 72.7 Å². The number of benzene rings is 2. The zero-order valence-corrected chi connectivity index (χ0v) is 19.8. The maximum Gasteiger partial charge on any atom is 0.254 e. The van der Waals surface area contributed by atoms with Gasteiger partial charge < -0.3 is 15.1 Å².